The number of nitrogens with one attached hydrogen (secondary N) is 3. The zero-order valence-electron chi connectivity index (χ0n) is 31.1. The molecule has 0 aliphatic carbocycles. The monoisotopic (exact) mass is 752 g/mol. The number of fused-ring (bicyclic) bond motifs is 2. The Morgan fingerprint density at radius 3 is 2.38 bits per heavy atom. The molecule has 55 heavy (non-hydrogen) atoms. The van der Waals surface area contributed by atoms with E-state index in [1.165, 1.54) is 25.0 Å². The average molecular weight is 753 g/mol. The van der Waals surface area contributed by atoms with Crippen molar-refractivity contribution in [3.8, 4) is 28.4 Å². The van der Waals surface area contributed by atoms with Gasteiger partial charge in [-0.25, -0.2) is 0 Å². The summed E-state index contributed by atoms with van der Waals surface area (Å²) < 4.78 is 18.6. The molecular weight excluding hydrogens is 708 g/mol. The van der Waals surface area contributed by atoms with E-state index in [0.29, 0.717) is 47.0 Å². The summed E-state index contributed by atoms with van der Waals surface area (Å²) in [5.74, 6) is -1.30. The van der Waals surface area contributed by atoms with Gasteiger partial charge in [0.2, 0.25) is 17.6 Å². The van der Waals surface area contributed by atoms with E-state index in [2.05, 4.69) is 20.9 Å². The minimum absolute atomic E-state index is 0.0693. The number of carbonyl (C=O) groups excluding carboxylic acids is 5. The Labute approximate surface area is 317 Å². The Morgan fingerprint density at radius 2 is 1.64 bits per heavy atom. The second kappa shape index (κ2) is 17.3. The van der Waals surface area contributed by atoms with E-state index >= 15 is 0 Å². The van der Waals surface area contributed by atoms with E-state index in [1.54, 1.807) is 55.8 Å². The van der Waals surface area contributed by atoms with Crippen molar-refractivity contribution >= 4 is 46.0 Å². The molecule has 6 rings (SSSR count). The lowest BCUT2D eigenvalue weighted by atomic mass is 10.0. The van der Waals surface area contributed by atoms with Gasteiger partial charge in [-0.2, -0.15) is 0 Å². The SMILES string of the molecule is COc1cc(-c2cn(C)c(=O)c3cnccc23)cc(OCC(=O)NCCCCCCCCNc2cccc3c2C(=O)N(C2CCC(=O)NC2=O)C3=O)c1OC. The van der Waals surface area contributed by atoms with Crippen molar-refractivity contribution < 1.29 is 38.2 Å². The molecule has 2 aromatic carbocycles. The first kappa shape index (κ1) is 38.5. The molecule has 4 heterocycles. The molecule has 1 saturated heterocycles. The lowest BCUT2D eigenvalue weighted by Crippen LogP contribution is -2.54. The predicted octanol–water partition coefficient (Wildman–Crippen LogP) is 3.97. The normalized spacial score (nSPS) is 15.2. The van der Waals surface area contributed by atoms with Gasteiger partial charge >= 0.3 is 0 Å². The van der Waals surface area contributed by atoms with Gasteiger partial charge in [-0.05, 0) is 60.5 Å². The van der Waals surface area contributed by atoms with Gasteiger partial charge in [-0.15, -0.1) is 0 Å². The van der Waals surface area contributed by atoms with Crippen LogP contribution in [0.25, 0.3) is 21.9 Å². The zero-order valence-corrected chi connectivity index (χ0v) is 31.1. The summed E-state index contributed by atoms with van der Waals surface area (Å²) in [5, 5.41) is 9.59. The van der Waals surface area contributed by atoms with Gasteiger partial charge in [-0.1, -0.05) is 31.7 Å². The van der Waals surface area contributed by atoms with Crippen LogP contribution in [0, 0.1) is 0 Å². The van der Waals surface area contributed by atoms with Gasteiger partial charge in [0.25, 0.3) is 23.3 Å². The van der Waals surface area contributed by atoms with E-state index in [1.807, 2.05) is 0 Å². The molecule has 1 fully saturated rings. The maximum atomic E-state index is 13.3. The number of hydrogen-bond donors (Lipinski definition) is 3. The number of amides is 5. The molecule has 1 atom stereocenters. The van der Waals surface area contributed by atoms with Crippen LogP contribution in [-0.4, -0.2) is 83.9 Å². The molecule has 4 aromatic rings. The summed E-state index contributed by atoms with van der Waals surface area (Å²) in [7, 11) is 4.69. The van der Waals surface area contributed by atoms with Gasteiger partial charge in [-0.3, -0.25) is 44.0 Å². The Morgan fingerprint density at radius 1 is 0.891 bits per heavy atom. The van der Waals surface area contributed by atoms with Crippen LogP contribution in [-0.2, 0) is 21.4 Å². The highest BCUT2D eigenvalue weighted by atomic mass is 16.5. The molecule has 2 aliphatic heterocycles. The van der Waals surface area contributed by atoms with Crippen LogP contribution >= 0.6 is 0 Å². The maximum Gasteiger partial charge on any atom is 0.264 e. The molecule has 3 N–H and O–H groups in total. The third-order valence-electron chi connectivity index (χ3n) is 9.81. The minimum atomic E-state index is -1.00. The number of carbonyl (C=O) groups is 5. The lowest BCUT2D eigenvalue weighted by Gasteiger charge is -2.27. The van der Waals surface area contributed by atoms with Crippen LogP contribution in [0.2, 0.25) is 0 Å². The van der Waals surface area contributed by atoms with E-state index in [9.17, 15) is 28.8 Å². The third kappa shape index (κ3) is 8.30. The molecule has 15 nitrogen and oxygen atoms in total. The standard InChI is InChI=1S/C40H44N6O9/c1-45-22-28(25-15-18-41-21-27(25)38(45)50)24-19-31(53-2)36(54-3)32(20-24)55-23-34(48)43-17-9-7-5-4-6-8-16-42-29-12-10-11-26-35(29)40(52)46(39(26)51)30-13-14-33(47)44-37(30)49/h10-12,15,18-22,30,42H,4-9,13-14,16-17,23H2,1-3H3,(H,43,48)(H,44,47,49). The lowest BCUT2D eigenvalue weighted by molar-refractivity contribution is -0.136. The van der Waals surface area contributed by atoms with Crippen molar-refractivity contribution in [2.24, 2.45) is 7.05 Å². The van der Waals surface area contributed by atoms with E-state index in [-0.39, 0.29) is 42.0 Å². The molecule has 2 aromatic heterocycles. The molecule has 0 spiro atoms. The van der Waals surface area contributed by atoms with Crippen LogP contribution < -0.4 is 35.7 Å². The summed E-state index contributed by atoms with van der Waals surface area (Å²) >= 11 is 0. The maximum absolute atomic E-state index is 13.3. The number of hydrogen-bond acceptors (Lipinski definition) is 11. The molecule has 288 valence electrons. The highest BCUT2D eigenvalue weighted by Gasteiger charge is 2.45. The fraction of sp³-hybridized carbons (Fsp3) is 0.375. The molecule has 1 unspecified atom stereocenters. The Balaban J connectivity index is 0.916. The van der Waals surface area contributed by atoms with E-state index in [0.717, 1.165) is 54.4 Å². The number of aromatic nitrogens is 2. The summed E-state index contributed by atoms with van der Waals surface area (Å²) in [5.41, 5.74) is 2.36. The number of piperidine rings is 1. The first-order valence-electron chi connectivity index (χ1n) is 18.3. The number of unbranched alkanes of at least 4 members (excludes halogenated alkanes) is 5. The van der Waals surface area contributed by atoms with Gasteiger partial charge in [0.05, 0.1) is 30.7 Å². The minimum Gasteiger partial charge on any atom is -0.493 e. The number of anilines is 1. The van der Waals surface area contributed by atoms with Gasteiger partial charge in [0.15, 0.2) is 18.1 Å². The second-order valence-corrected chi connectivity index (χ2v) is 13.5. The Hall–Kier alpha value is -6.25. The molecule has 5 amide bonds. The number of aryl methyl sites for hydroxylation is 1. The van der Waals surface area contributed by atoms with Crippen molar-refractivity contribution in [2.75, 3.05) is 39.2 Å². The fourth-order valence-electron chi connectivity index (χ4n) is 7.00. The first-order chi connectivity index (χ1) is 26.6. The molecular formula is C40H44N6O9. The topological polar surface area (TPSA) is 187 Å². The van der Waals surface area contributed by atoms with Crippen molar-refractivity contribution in [1.82, 2.24) is 25.1 Å². The van der Waals surface area contributed by atoms with Crippen LogP contribution in [0.5, 0.6) is 17.2 Å². The van der Waals surface area contributed by atoms with Crippen molar-refractivity contribution in [2.45, 2.75) is 57.4 Å². The molecule has 0 bridgehead atoms. The smallest absolute Gasteiger partial charge is 0.264 e. The quantitative estimate of drug-likeness (QED) is 0.105. The second-order valence-electron chi connectivity index (χ2n) is 13.5. The highest BCUT2D eigenvalue weighted by Crippen LogP contribution is 2.42. The van der Waals surface area contributed by atoms with Crippen molar-refractivity contribution in [3.05, 3.63) is 76.5 Å². The van der Waals surface area contributed by atoms with E-state index in [4.69, 9.17) is 14.2 Å². The molecule has 0 saturated carbocycles. The van der Waals surface area contributed by atoms with E-state index < -0.39 is 29.7 Å². The summed E-state index contributed by atoms with van der Waals surface area (Å²) in [4.78, 5) is 80.7. The molecule has 0 radical (unpaired) electrons. The van der Waals surface area contributed by atoms with Crippen LogP contribution in [0.15, 0.2) is 59.8 Å². The largest absolute Gasteiger partial charge is 0.493 e. The third-order valence-corrected chi connectivity index (χ3v) is 9.81. The Bertz CT molecular complexity index is 2200. The number of methoxy groups -OCH3 is 2. The predicted molar refractivity (Wildman–Crippen MR) is 203 cm³/mol. The molecule has 15 heteroatoms. The van der Waals surface area contributed by atoms with Gasteiger partial charge < -0.3 is 29.4 Å². The molecule has 2 aliphatic rings. The highest BCUT2D eigenvalue weighted by molar-refractivity contribution is 6.25. The first-order valence-corrected chi connectivity index (χ1v) is 18.3. The summed E-state index contributed by atoms with van der Waals surface area (Å²) in [6.45, 7) is 0.877. The average Bonchev–Trinajstić information content (AvgIpc) is 3.44. The number of imide groups is 2. The Kier molecular flexibility index (Phi) is 12.1. The van der Waals surface area contributed by atoms with Crippen LogP contribution in [0.4, 0.5) is 5.69 Å². The summed E-state index contributed by atoms with van der Waals surface area (Å²) in [6.07, 6.45) is 10.6. The van der Waals surface area contributed by atoms with Crippen molar-refractivity contribution in [3.63, 3.8) is 0 Å². The zero-order chi connectivity index (χ0) is 39.1. The van der Waals surface area contributed by atoms with Gasteiger partial charge in [0.1, 0.15) is 6.04 Å². The van der Waals surface area contributed by atoms with Crippen LogP contribution in [0.1, 0.15) is 72.1 Å². The number of nitrogens with zero attached hydrogens (tertiary/aromatic N) is 3. The number of rotatable bonds is 17. The number of benzene rings is 2. The summed E-state index contributed by atoms with van der Waals surface area (Å²) in [6, 6.07) is 9.36. The number of ether oxygens (including phenoxy) is 3. The fourth-order valence-corrected chi connectivity index (χ4v) is 7.00. The number of pyridine rings is 2. The van der Waals surface area contributed by atoms with Crippen LogP contribution in [0.3, 0.4) is 0 Å². The van der Waals surface area contributed by atoms with Gasteiger partial charge in [0, 0.05) is 56.4 Å². The van der Waals surface area contributed by atoms with Crippen molar-refractivity contribution in [1.29, 1.82) is 0 Å².